The van der Waals surface area contributed by atoms with Crippen molar-refractivity contribution in [1.29, 1.82) is 0 Å². The van der Waals surface area contributed by atoms with Gasteiger partial charge in [-0.2, -0.15) is 0 Å². The number of nitrogens with zero attached hydrogens (tertiary/aromatic N) is 1. The van der Waals surface area contributed by atoms with Gasteiger partial charge in [-0.3, -0.25) is 5.43 Å². The molecule has 0 unspecified atom stereocenters. The van der Waals surface area contributed by atoms with Crippen molar-refractivity contribution in [2.45, 2.75) is 13.0 Å². The van der Waals surface area contributed by atoms with Crippen LogP contribution in [-0.2, 0) is 17.7 Å². The summed E-state index contributed by atoms with van der Waals surface area (Å²) in [7, 11) is 1.32. The van der Waals surface area contributed by atoms with Gasteiger partial charge in [0.05, 0.1) is 12.7 Å². The molecule has 0 bridgehead atoms. The lowest BCUT2D eigenvalue weighted by Crippen LogP contribution is -2.46. The highest BCUT2D eigenvalue weighted by Crippen LogP contribution is 2.17. The van der Waals surface area contributed by atoms with E-state index in [2.05, 4.69) is 22.3 Å². The van der Waals surface area contributed by atoms with Crippen LogP contribution in [0, 0.1) is 0 Å². The topological polar surface area (TPSA) is 67.9 Å². The Morgan fingerprint density at radius 1 is 1.04 bits per heavy atom. The maximum Gasteiger partial charge on any atom is 0.427 e. The molecule has 1 aliphatic heterocycles. The van der Waals surface area contributed by atoms with E-state index in [-0.39, 0.29) is 0 Å². The molecule has 0 saturated heterocycles. The van der Waals surface area contributed by atoms with Gasteiger partial charge in [0.15, 0.2) is 0 Å². The molecular formula is C18H18N2O4. The average Bonchev–Trinajstić information content (AvgIpc) is 2.61. The first-order chi connectivity index (χ1) is 11.7. The molecule has 0 atom stereocenters. The molecule has 1 amide bonds. The molecule has 2 aromatic carbocycles. The van der Waals surface area contributed by atoms with E-state index in [1.165, 1.54) is 18.2 Å². The highest BCUT2D eigenvalue weighted by Gasteiger charge is 2.18. The second kappa shape index (κ2) is 7.14. The minimum Gasteiger partial charge on any atom is -0.465 e. The Balaban J connectivity index is 1.55. The predicted molar refractivity (Wildman–Crippen MR) is 87.5 cm³/mol. The molecule has 3 rings (SSSR count). The van der Waals surface area contributed by atoms with Gasteiger partial charge in [-0.1, -0.05) is 24.3 Å². The van der Waals surface area contributed by atoms with Gasteiger partial charge in [0.25, 0.3) is 0 Å². The van der Waals surface area contributed by atoms with Gasteiger partial charge in [-0.15, -0.1) is 0 Å². The third-order valence-electron chi connectivity index (χ3n) is 3.87. The molecule has 2 aromatic rings. The molecule has 1 heterocycles. The van der Waals surface area contributed by atoms with Crippen molar-refractivity contribution in [3.05, 3.63) is 65.2 Å². The molecule has 6 nitrogen and oxygen atoms in total. The lowest BCUT2D eigenvalue weighted by Gasteiger charge is -2.28. The Kier molecular flexibility index (Phi) is 4.77. The Labute approximate surface area is 140 Å². The number of hydrazine groups is 1. The Morgan fingerprint density at radius 3 is 2.46 bits per heavy atom. The van der Waals surface area contributed by atoms with Crippen LogP contribution in [0.2, 0.25) is 0 Å². The summed E-state index contributed by atoms with van der Waals surface area (Å²) in [5.74, 6) is -0.0736. The molecule has 0 aliphatic carbocycles. The number of rotatable bonds is 3. The summed E-state index contributed by atoms with van der Waals surface area (Å²) in [4.78, 5) is 23.4. The van der Waals surface area contributed by atoms with Crippen molar-refractivity contribution in [1.82, 2.24) is 10.4 Å². The summed E-state index contributed by atoms with van der Waals surface area (Å²) in [6.45, 7) is 1.37. The van der Waals surface area contributed by atoms with Crippen LogP contribution in [0.3, 0.4) is 0 Å². The molecule has 6 heteroatoms. The number of ether oxygens (including phenoxy) is 2. The van der Waals surface area contributed by atoms with E-state index in [4.69, 9.17) is 4.74 Å². The molecule has 1 aliphatic rings. The summed E-state index contributed by atoms with van der Waals surface area (Å²) in [6, 6.07) is 14.4. The zero-order valence-corrected chi connectivity index (χ0v) is 13.3. The third-order valence-corrected chi connectivity index (χ3v) is 3.87. The minimum atomic E-state index is -0.555. The number of nitrogens with one attached hydrogen (secondary N) is 1. The smallest absolute Gasteiger partial charge is 0.427 e. The lowest BCUT2D eigenvalue weighted by atomic mass is 10.0. The van der Waals surface area contributed by atoms with Crippen LogP contribution in [0.1, 0.15) is 21.5 Å². The molecule has 0 fully saturated rings. The Bertz CT molecular complexity index is 743. The molecule has 0 spiro atoms. The number of hydrogen-bond acceptors (Lipinski definition) is 5. The summed E-state index contributed by atoms with van der Waals surface area (Å²) in [5.41, 5.74) is 5.65. The van der Waals surface area contributed by atoms with E-state index >= 15 is 0 Å². The van der Waals surface area contributed by atoms with Crippen LogP contribution in [0.5, 0.6) is 5.75 Å². The van der Waals surface area contributed by atoms with Crippen molar-refractivity contribution >= 4 is 12.1 Å². The summed E-state index contributed by atoms with van der Waals surface area (Å²) >= 11 is 0. The molecule has 124 valence electrons. The standard InChI is InChI=1S/C18H18N2O4/c1-23-17(21)14-6-8-16(9-7-14)24-18(22)19-20-11-10-13-4-2-3-5-15(13)12-20/h2-9H,10-12H2,1H3,(H,19,22). The normalized spacial score (nSPS) is 13.7. The number of fused-ring (bicyclic) bond motifs is 1. The van der Waals surface area contributed by atoms with Crippen LogP contribution in [0.25, 0.3) is 0 Å². The SMILES string of the molecule is COC(=O)c1ccc(OC(=O)NN2CCc3ccccc3C2)cc1. The number of esters is 1. The van der Waals surface area contributed by atoms with Crippen LogP contribution in [0.4, 0.5) is 4.79 Å². The van der Waals surface area contributed by atoms with Crippen LogP contribution >= 0.6 is 0 Å². The first-order valence-electron chi connectivity index (χ1n) is 7.64. The Morgan fingerprint density at radius 2 is 1.75 bits per heavy atom. The fraction of sp³-hybridized carbons (Fsp3) is 0.222. The van der Waals surface area contributed by atoms with Crippen LogP contribution < -0.4 is 10.2 Å². The number of benzene rings is 2. The predicted octanol–water partition coefficient (Wildman–Crippen LogP) is 2.53. The molecular weight excluding hydrogens is 308 g/mol. The van der Waals surface area contributed by atoms with Gasteiger partial charge >= 0.3 is 12.1 Å². The number of carbonyl (C=O) groups excluding carboxylic acids is 2. The molecule has 0 saturated carbocycles. The zero-order chi connectivity index (χ0) is 16.9. The maximum absolute atomic E-state index is 12.0. The van der Waals surface area contributed by atoms with Crippen molar-refractivity contribution in [3.63, 3.8) is 0 Å². The third kappa shape index (κ3) is 3.72. The fourth-order valence-electron chi connectivity index (χ4n) is 2.63. The quantitative estimate of drug-likeness (QED) is 0.878. The van der Waals surface area contributed by atoms with E-state index in [9.17, 15) is 9.59 Å². The van der Waals surface area contributed by atoms with E-state index < -0.39 is 12.1 Å². The van der Waals surface area contributed by atoms with Crippen LogP contribution in [-0.4, -0.2) is 30.7 Å². The van der Waals surface area contributed by atoms with Crippen molar-refractivity contribution in [2.24, 2.45) is 0 Å². The summed E-state index contributed by atoms with van der Waals surface area (Å²) < 4.78 is 9.85. The monoisotopic (exact) mass is 326 g/mol. The largest absolute Gasteiger partial charge is 0.465 e. The second-order valence-electron chi connectivity index (χ2n) is 5.46. The maximum atomic E-state index is 12.0. The zero-order valence-electron chi connectivity index (χ0n) is 13.3. The van der Waals surface area contributed by atoms with E-state index in [0.29, 0.717) is 17.9 Å². The lowest BCUT2D eigenvalue weighted by molar-refractivity contribution is 0.0600. The van der Waals surface area contributed by atoms with Crippen molar-refractivity contribution in [2.75, 3.05) is 13.7 Å². The number of carbonyl (C=O) groups is 2. The van der Waals surface area contributed by atoms with Crippen molar-refractivity contribution in [3.8, 4) is 5.75 Å². The van der Waals surface area contributed by atoms with Gasteiger partial charge in [0.2, 0.25) is 0 Å². The van der Waals surface area contributed by atoms with Crippen molar-refractivity contribution < 1.29 is 19.1 Å². The van der Waals surface area contributed by atoms with Gasteiger partial charge in [-0.05, 0) is 41.8 Å². The first kappa shape index (κ1) is 16.0. The van der Waals surface area contributed by atoms with Gasteiger partial charge in [0, 0.05) is 13.1 Å². The molecule has 0 radical (unpaired) electrons. The first-order valence-corrected chi connectivity index (χ1v) is 7.64. The Hall–Kier alpha value is -2.86. The molecule has 0 aromatic heterocycles. The molecule has 1 N–H and O–H groups in total. The second-order valence-corrected chi connectivity index (χ2v) is 5.46. The van der Waals surface area contributed by atoms with E-state index in [1.54, 1.807) is 24.3 Å². The summed E-state index contributed by atoms with van der Waals surface area (Å²) in [6.07, 6.45) is 0.324. The van der Waals surface area contributed by atoms with E-state index in [0.717, 1.165) is 13.0 Å². The van der Waals surface area contributed by atoms with Gasteiger partial charge < -0.3 is 9.47 Å². The van der Waals surface area contributed by atoms with Gasteiger partial charge in [0.1, 0.15) is 5.75 Å². The average molecular weight is 326 g/mol. The number of methoxy groups -OCH3 is 1. The highest BCUT2D eigenvalue weighted by atomic mass is 16.6. The van der Waals surface area contributed by atoms with Gasteiger partial charge in [-0.25, -0.2) is 14.6 Å². The summed E-state index contributed by atoms with van der Waals surface area (Å²) in [5, 5.41) is 1.83. The minimum absolute atomic E-state index is 0.359. The fourth-order valence-corrected chi connectivity index (χ4v) is 2.63. The number of amides is 1. The van der Waals surface area contributed by atoms with Crippen LogP contribution in [0.15, 0.2) is 48.5 Å². The van der Waals surface area contributed by atoms with E-state index in [1.807, 2.05) is 17.1 Å². The number of hydrogen-bond donors (Lipinski definition) is 1. The highest BCUT2D eigenvalue weighted by molar-refractivity contribution is 5.89. The molecule has 24 heavy (non-hydrogen) atoms.